The number of para-hydroxylation sites is 1. The Morgan fingerprint density at radius 1 is 1.03 bits per heavy atom. The van der Waals surface area contributed by atoms with E-state index < -0.39 is 11.8 Å². The fourth-order valence-corrected chi connectivity index (χ4v) is 4.41. The Labute approximate surface area is 195 Å². The molecule has 2 amide bonds. The minimum Gasteiger partial charge on any atom is -0.350 e. The summed E-state index contributed by atoms with van der Waals surface area (Å²) in [6.07, 6.45) is 6.63. The predicted molar refractivity (Wildman–Crippen MR) is 129 cm³/mol. The Morgan fingerprint density at radius 3 is 2.64 bits per heavy atom. The number of aromatic nitrogens is 3. The molecule has 0 fully saturated rings. The average molecular weight is 460 g/mol. The monoisotopic (exact) mass is 459 g/mol. The summed E-state index contributed by atoms with van der Waals surface area (Å²) in [7, 11) is 0. The number of hydrogen-bond donors (Lipinski definition) is 2. The number of fused-ring (bicyclic) bond motifs is 1. The third-order valence-corrected chi connectivity index (χ3v) is 6.04. The van der Waals surface area contributed by atoms with Gasteiger partial charge >= 0.3 is 0 Å². The summed E-state index contributed by atoms with van der Waals surface area (Å²) in [6.45, 7) is 3.59. The molecular weight excluding hydrogens is 438 g/mol. The van der Waals surface area contributed by atoms with Crippen LogP contribution in [-0.4, -0.2) is 25.9 Å². The van der Waals surface area contributed by atoms with Crippen LogP contribution < -0.4 is 10.6 Å². The number of hydrogen-bond acceptors (Lipinski definition) is 4. The zero-order chi connectivity index (χ0) is 22.9. The van der Waals surface area contributed by atoms with Gasteiger partial charge in [-0.2, -0.15) is 0 Å². The Hall–Kier alpha value is -3.84. The van der Waals surface area contributed by atoms with Crippen LogP contribution in [0.15, 0.2) is 72.8 Å². The topological polar surface area (TPSA) is 81.0 Å². The van der Waals surface area contributed by atoms with Crippen molar-refractivity contribution in [2.75, 3.05) is 5.32 Å². The summed E-state index contributed by atoms with van der Waals surface area (Å²) in [6, 6.07) is 15.0. The number of nitrogens with zero attached hydrogens (tertiary/aromatic N) is 3. The Morgan fingerprint density at radius 2 is 1.85 bits per heavy atom. The number of carbonyl (C=O) groups is 2. The predicted octanol–water partition coefficient (Wildman–Crippen LogP) is 4.37. The smallest absolute Gasteiger partial charge is 0.275 e. The van der Waals surface area contributed by atoms with Gasteiger partial charge in [-0.25, -0.2) is 4.98 Å². The van der Waals surface area contributed by atoms with Gasteiger partial charge in [-0.3, -0.25) is 14.9 Å². The van der Waals surface area contributed by atoms with E-state index in [1.54, 1.807) is 30.5 Å². The highest BCUT2D eigenvalue weighted by Gasteiger charge is 2.33. The van der Waals surface area contributed by atoms with Crippen molar-refractivity contribution in [3.63, 3.8) is 0 Å². The number of amides is 2. The molecule has 0 saturated heterocycles. The van der Waals surface area contributed by atoms with Gasteiger partial charge in [0.2, 0.25) is 0 Å². The maximum atomic E-state index is 12.8. The largest absolute Gasteiger partial charge is 0.350 e. The number of aryl methyl sites for hydroxylation is 3. The van der Waals surface area contributed by atoms with Crippen LogP contribution in [0.1, 0.15) is 17.8 Å². The van der Waals surface area contributed by atoms with Crippen molar-refractivity contribution in [3.05, 3.63) is 89.2 Å². The van der Waals surface area contributed by atoms with E-state index in [4.69, 9.17) is 11.6 Å². The molecule has 166 valence electrons. The summed E-state index contributed by atoms with van der Waals surface area (Å²) in [4.78, 5) is 29.7. The molecule has 1 aliphatic heterocycles. The van der Waals surface area contributed by atoms with Gasteiger partial charge in [0.1, 0.15) is 11.5 Å². The fraction of sp³-hybridized carbons (Fsp3) is 0.160. The van der Waals surface area contributed by atoms with Gasteiger partial charge in [0.15, 0.2) is 0 Å². The van der Waals surface area contributed by atoms with Crippen molar-refractivity contribution < 1.29 is 9.59 Å². The third-order valence-electron chi connectivity index (χ3n) is 5.80. The van der Waals surface area contributed by atoms with E-state index in [9.17, 15) is 9.59 Å². The van der Waals surface area contributed by atoms with Crippen LogP contribution in [0, 0.1) is 6.92 Å². The minimum absolute atomic E-state index is 0.221. The second-order valence-corrected chi connectivity index (χ2v) is 8.38. The van der Waals surface area contributed by atoms with Gasteiger partial charge in [-0.1, -0.05) is 35.9 Å². The van der Waals surface area contributed by atoms with Crippen LogP contribution in [-0.2, 0) is 22.7 Å². The minimum atomic E-state index is -0.456. The Bertz CT molecular complexity index is 1420. The van der Waals surface area contributed by atoms with Gasteiger partial charge in [0, 0.05) is 58.9 Å². The number of imidazole rings is 1. The normalized spacial score (nSPS) is 13.8. The van der Waals surface area contributed by atoms with Crippen LogP contribution in [0.25, 0.3) is 16.5 Å². The molecule has 0 atom stereocenters. The number of benzene rings is 2. The summed E-state index contributed by atoms with van der Waals surface area (Å²) in [5.41, 5.74) is 2.92. The quantitative estimate of drug-likeness (QED) is 0.402. The average Bonchev–Trinajstić information content (AvgIpc) is 3.44. The van der Waals surface area contributed by atoms with Crippen molar-refractivity contribution in [2.24, 2.45) is 0 Å². The number of nitrogens with one attached hydrogen (secondary N) is 2. The summed E-state index contributed by atoms with van der Waals surface area (Å²) < 4.78 is 4.25. The van der Waals surface area contributed by atoms with Crippen molar-refractivity contribution in [1.29, 1.82) is 0 Å². The molecule has 0 saturated carbocycles. The molecule has 0 aliphatic carbocycles. The Balaban J connectivity index is 1.52. The van der Waals surface area contributed by atoms with E-state index in [2.05, 4.69) is 24.8 Å². The number of imide groups is 1. The zero-order valence-electron chi connectivity index (χ0n) is 18.0. The lowest BCUT2D eigenvalue weighted by molar-refractivity contribution is -0.123. The first kappa shape index (κ1) is 21.0. The zero-order valence-corrected chi connectivity index (χ0v) is 18.8. The van der Waals surface area contributed by atoms with Crippen LogP contribution in [0.3, 0.4) is 0 Å². The highest BCUT2D eigenvalue weighted by Crippen LogP contribution is 2.33. The molecule has 2 N–H and O–H groups in total. The van der Waals surface area contributed by atoms with Gasteiger partial charge in [0.05, 0.1) is 5.57 Å². The molecule has 2 aromatic carbocycles. The van der Waals surface area contributed by atoms with E-state index in [-0.39, 0.29) is 5.70 Å². The van der Waals surface area contributed by atoms with E-state index in [0.29, 0.717) is 16.3 Å². The van der Waals surface area contributed by atoms with E-state index >= 15 is 0 Å². The number of anilines is 1. The molecule has 1 aliphatic rings. The van der Waals surface area contributed by atoms with Crippen molar-refractivity contribution in [1.82, 2.24) is 19.4 Å². The molecular formula is C25H22ClN5O2. The summed E-state index contributed by atoms with van der Waals surface area (Å²) >= 11 is 6.09. The van der Waals surface area contributed by atoms with Gasteiger partial charge in [0.25, 0.3) is 11.8 Å². The molecule has 0 unspecified atom stereocenters. The second kappa shape index (κ2) is 8.60. The molecule has 33 heavy (non-hydrogen) atoms. The van der Waals surface area contributed by atoms with Crippen molar-refractivity contribution in [2.45, 2.75) is 26.4 Å². The lowest BCUT2D eigenvalue weighted by atomic mass is 10.0. The van der Waals surface area contributed by atoms with Gasteiger partial charge in [-0.05, 0) is 37.6 Å². The summed E-state index contributed by atoms with van der Waals surface area (Å²) in [5.74, 6) is 0.111. The van der Waals surface area contributed by atoms with Crippen LogP contribution >= 0.6 is 11.6 Å². The maximum absolute atomic E-state index is 12.8. The molecule has 4 aromatic rings. The van der Waals surface area contributed by atoms with Crippen LogP contribution in [0.5, 0.6) is 0 Å². The second-order valence-electron chi connectivity index (χ2n) is 7.94. The van der Waals surface area contributed by atoms with Gasteiger partial charge in [-0.15, -0.1) is 0 Å². The van der Waals surface area contributed by atoms with Crippen LogP contribution in [0.2, 0.25) is 5.02 Å². The molecule has 5 rings (SSSR count). The van der Waals surface area contributed by atoms with Crippen molar-refractivity contribution >= 4 is 45.6 Å². The van der Waals surface area contributed by atoms with Crippen LogP contribution in [0.4, 0.5) is 5.69 Å². The first-order valence-electron chi connectivity index (χ1n) is 10.7. The molecule has 2 aromatic heterocycles. The Kier molecular flexibility index (Phi) is 5.48. The highest BCUT2D eigenvalue weighted by atomic mass is 35.5. The molecule has 0 spiro atoms. The molecule has 0 bridgehead atoms. The summed E-state index contributed by atoms with van der Waals surface area (Å²) in [5, 5.41) is 6.98. The maximum Gasteiger partial charge on any atom is 0.275 e. The lowest BCUT2D eigenvalue weighted by Crippen LogP contribution is -2.24. The first-order valence-corrected chi connectivity index (χ1v) is 11.1. The SMILES string of the molecule is Cc1nccn1CCCn1cc(C2=C(Nc3cccc(Cl)c3)C(=O)NC2=O)c2ccccc21. The highest BCUT2D eigenvalue weighted by molar-refractivity contribution is 6.38. The number of halogens is 1. The third kappa shape index (κ3) is 4.03. The molecule has 8 heteroatoms. The van der Waals surface area contributed by atoms with E-state index in [1.807, 2.05) is 43.6 Å². The molecule has 0 radical (unpaired) electrons. The number of rotatable bonds is 7. The standard InChI is InChI=1S/C25H22ClN5O2/c1-16-27-10-13-30(16)11-5-12-31-15-20(19-8-2-3-9-21(19)31)22-23(25(33)29-24(22)32)28-18-7-4-6-17(26)14-18/h2-4,6-10,13-15H,5,11-12H2,1H3,(H2,28,29,32,33). The lowest BCUT2D eigenvalue weighted by Gasteiger charge is -2.08. The van der Waals surface area contributed by atoms with E-state index in [0.717, 1.165) is 41.8 Å². The first-order chi connectivity index (χ1) is 16.0. The number of carbonyl (C=O) groups excluding carboxylic acids is 2. The molecule has 3 heterocycles. The fourth-order valence-electron chi connectivity index (χ4n) is 4.22. The van der Waals surface area contributed by atoms with Gasteiger partial charge < -0.3 is 14.5 Å². The molecule has 7 nitrogen and oxygen atoms in total. The van der Waals surface area contributed by atoms with E-state index in [1.165, 1.54) is 0 Å². The van der Waals surface area contributed by atoms with Crippen molar-refractivity contribution in [3.8, 4) is 0 Å².